The number of nitrogens with one attached hydrogen (secondary N) is 1. The Balaban J connectivity index is 2.25. The smallest absolute Gasteiger partial charge is 0.110 e. The minimum atomic E-state index is -0.0253. The van der Waals surface area contributed by atoms with Crippen LogP contribution in [0.5, 0.6) is 0 Å². The van der Waals surface area contributed by atoms with Crippen LogP contribution in [0.3, 0.4) is 0 Å². The molecule has 0 bridgehead atoms. The number of hydrogen-bond acceptors (Lipinski definition) is 3. The lowest BCUT2D eigenvalue weighted by molar-refractivity contribution is 0.523. The van der Waals surface area contributed by atoms with E-state index in [2.05, 4.69) is 37.8 Å². The van der Waals surface area contributed by atoms with Crippen LogP contribution in [0.15, 0.2) is 35.1 Å². The minimum absolute atomic E-state index is 0.0253. The van der Waals surface area contributed by atoms with E-state index in [0.29, 0.717) is 11.4 Å². The fourth-order valence-corrected chi connectivity index (χ4v) is 2.94. The summed E-state index contributed by atoms with van der Waals surface area (Å²) in [5, 5.41) is 0.684. The molecule has 1 unspecified atom stereocenters. The van der Waals surface area contributed by atoms with Crippen LogP contribution in [0.4, 0.5) is 0 Å². The van der Waals surface area contributed by atoms with Gasteiger partial charge in [0.25, 0.3) is 0 Å². The van der Waals surface area contributed by atoms with Crippen LogP contribution in [-0.2, 0) is 13.0 Å². The van der Waals surface area contributed by atoms with Crippen molar-refractivity contribution in [1.82, 2.24) is 15.0 Å². The highest BCUT2D eigenvalue weighted by atomic mass is 79.9. The number of benzene rings is 1. The van der Waals surface area contributed by atoms with Gasteiger partial charge in [-0.25, -0.2) is 4.98 Å². The maximum absolute atomic E-state index is 6.07. The third-order valence-corrected chi connectivity index (χ3v) is 3.69. The number of nitrogens with two attached hydrogens (primary N) is 1. The molecule has 0 amide bonds. The van der Waals surface area contributed by atoms with Crippen LogP contribution in [-0.4, -0.2) is 9.55 Å². The van der Waals surface area contributed by atoms with Gasteiger partial charge in [-0.2, -0.15) is 0 Å². The first-order valence-corrected chi connectivity index (χ1v) is 7.23. The van der Waals surface area contributed by atoms with E-state index in [9.17, 15) is 0 Å². The zero-order valence-electron chi connectivity index (χ0n) is 10.6. The second-order valence-electron chi connectivity index (χ2n) is 4.26. The maximum Gasteiger partial charge on any atom is 0.110 e. The van der Waals surface area contributed by atoms with Crippen LogP contribution in [0.25, 0.3) is 0 Å². The van der Waals surface area contributed by atoms with Gasteiger partial charge in [0.15, 0.2) is 0 Å². The van der Waals surface area contributed by atoms with Crippen LogP contribution in [0, 0.1) is 0 Å². The van der Waals surface area contributed by atoms with Crippen molar-refractivity contribution >= 4 is 27.5 Å². The number of rotatable bonds is 5. The number of halogens is 2. The Hall–Kier alpha value is -0.880. The molecule has 0 aliphatic rings. The quantitative estimate of drug-likeness (QED) is 0.648. The molecule has 0 saturated heterocycles. The van der Waals surface area contributed by atoms with Gasteiger partial charge in [-0.15, -0.1) is 0 Å². The predicted octanol–water partition coefficient (Wildman–Crippen LogP) is 3.07. The lowest BCUT2D eigenvalue weighted by Gasteiger charge is -2.17. The molecule has 0 radical (unpaired) electrons. The van der Waals surface area contributed by atoms with Gasteiger partial charge in [0.2, 0.25) is 0 Å². The van der Waals surface area contributed by atoms with Crippen LogP contribution < -0.4 is 11.3 Å². The topological polar surface area (TPSA) is 55.9 Å². The highest BCUT2D eigenvalue weighted by Gasteiger charge is 2.14. The molecular weight excluding hydrogens is 328 g/mol. The fraction of sp³-hybridized carbons (Fsp3) is 0.308. The van der Waals surface area contributed by atoms with Crippen molar-refractivity contribution in [3.05, 3.63) is 51.5 Å². The van der Waals surface area contributed by atoms with Crippen molar-refractivity contribution in [2.75, 3.05) is 0 Å². The van der Waals surface area contributed by atoms with E-state index in [1.807, 2.05) is 24.4 Å². The molecule has 0 fully saturated rings. The van der Waals surface area contributed by atoms with Gasteiger partial charge in [-0.05, 0) is 30.7 Å². The highest BCUT2D eigenvalue weighted by molar-refractivity contribution is 9.10. The van der Waals surface area contributed by atoms with Gasteiger partial charge in [0.05, 0.1) is 6.04 Å². The first kappa shape index (κ1) is 14.5. The molecule has 0 aliphatic heterocycles. The van der Waals surface area contributed by atoms with E-state index in [4.69, 9.17) is 17.4 Å². The SMILES string of the molecule is CCn1ccnc1CC(NN)c1cc(Cl)cc(Br)c1. The number of nitrogens with zero attached hydrogens (tertiary/aromatic N) is 2. The summed E-state index contributed by atoms with van der Waals surface area (Å²) in [5.74, 6) is 6.67. The zero-order valence-corrected chi connectivity index (χ0v) is 12.9. The summed E-state index contributed by atoms with van der Waals surface area (Å²) >= 11 is 9.51. The molecule has 0 aliphatic carbocycles. The van der Waals surface area contributed by atoms with E-state index in [1.54, 1.807) is 6.20 Å². The summed E-state index contributed by atoms with van der Waals surface area (Å²) in [7, 11) is 0. The van der Waals surface area contributed by atoms with Gasteiger partial charge < -0.3 is 4.57 Å². The minimum Gasteiger partial charge on any atom is -0.335 e. The Bertz CT molecular complexity index is 535. The molecule has 0 spiro atoms. The number of aryl methyl sites for hydroxylation is 1. The summed E-state index contributed by atoms with van der Waals surface area (Å²) in [6.07, 6.45) is 4.49. The van der Waals surface area contributed by atoms with Crippen molar-refractivity contribution in [3.63, 3.8) is 0 Å². The van der Waals surface area contributed by atoms with E-state index in [0.717, 1.165) is 22.4 Å². The molecule has 3 N–H and O–H groups in total. The lowest BCUT2D eigenvalue weighted by atomic mass is 10.0. The van der Waals surface area contributed by atoms with Crippen molar-refractivity contribution in [2.24, 2.45) is 5.84 Å². The van der Waals surface area contributed by atoms with Gasteiger partial charge in [-0.3, -0.25) is 11.3 Å². The lowest BCUT2D eigenvalue weighted by Crippen LogP contribution is -2.30. The maximum atomic E-state index is 6.07. The molecule has 1 aromatic carbocycles. The summed E-state index contributed by atoms with van der Waals surface area (Å²) in [5.41, 5.74) is 3.86. The van der Waals surface area contributed by atoms with Crippen molar-refractivity contribution in [3.8, 4) is 0 Å². The zero-order chi connectivity index (χ0) is 13.8. The Labute approximate surface area is 126 Å². The van der Waals surface area contributed by atoms with Gasteiger partial charge in [-0.1, -0.05) is 27.5 Å². The standard InChI is InChI=1S/C13H16BrClN4/c1-2-19-4-3-17-13(19)8-12(18-16)9-5-10(14)7-11(15)6-9/h3-7,12,18H,2,8,16H2,1H3. The average Bonchev–Trinajstić information content (AvgIpc) is 2.81. The summed E-state index contributed by atoms with van der Waals surface area (Å²) in [6.45, 7) is 2.98. The summed E-state index contributed by atoms with van der Waals surface area (Å²) in [4.78, 5) is 4.37. The third kappa shape index (κ3) is 3.57. The van der Waals surface area contributed by atoms with Crippen molar-refractivity contribution in [2.45, 2.75) is 25.9 Å². The average molecular weight is 344 g/mol. The molecule has 0 saturated carbocycles. The van der Waals surface area contributed by atoms with Crippen molar-refractivity contribution in [1.29, 1.82) is 0 Å². The van der Waals surface area contributed by atoms with Gasteiger partial charge in [0.1, 0.15) is 5.82 Å². The largest absolute Gasteiger partial charge is 0.335 e. The monoisotopic (exact) mass is 342 g/mol. The number of hydrogen-bond donors (Lipinski definition) is 2. The Morgan fingerprint density at radius 1 is 1.47 bits per heavy atom. The first-order valence-electron chi connectivity index (χ1n) is 6.06. The van der Waals surface area contributed by atoms with E-state index < -0.39 is 0 Å². The Morgan fingerprint density at radius 3 is 2.89 bits per heavy atom. The van der Waals surface area contributed by atoms with E-state index in [1.165, 1.54) is 0 Å². The number of hydrazine groups is 1. The second-order valence-corrected chi connectivity index (χ2v) is 5.61. The summed E-state index contributed by atoms with van der Waals surface area (Å²) in [6, 6.07) is 5.75. The Kier molecular flexibility index (Phi) is 4.99. The molecule has 1 heterocycles. The molecule has 2 aromatic rings. The summed E-state index contributed by atoms with van der Waals surface area (Å²) < 4.78 is 3.04. The predicted molar refractivity (Wildman–Crippen MR) is 80.8 cm³/mol. The fourth-order valence-electron chi connectivity index (χ4n) is 2.05. The third-order valence-electron chi connectivity index (χ3n) is 3.02. The molecule has 102 valence electrons. The number of aromatic nitrogens is 2. The number of imidazole rings is 1. The second kappa shape index (κ2) is 6.52. The molecule has 1 aromatic heterocycles. The normalized spacial score (nSPS) is 12.6. The van der Waals surface area contributed by atoms with Gasteiger partial charge in [0, 0.05) is 34.9 Å². The molecule has 4 nitrogen and oxygen atoms in total. The first-order chi connectivity index (χ1) is 9.13. The van der Waals surface area contributed by atoms with E-state index in [-0.39, 0.29) is 6.04 Å². The molecular formula is C13H16BrClN4. The van der Waals surface area contributed by atoms with Crippen LogP contribution in [0.2, 0.25) is 5.02 Å². The molecule has 19 heavy (non-hydrogen) atoms. The van der Waals surface area contributed by atoms with E-state index >= 15 is 0 Å². The van der Waals surface area contributed by atoms with Crippen molar-refractivity contribution < 1.29 is 0 Å². The van der Waals surface area contributed by atoms with Gasteiger partial charge >= 0.3 is 0 Å². The molecule has 2 rings (SSSR count). The molecule has 6 heteroatoms. The van der Waals surface area contributed by atoms with Crippen LogP contribution >= 0.6 is 27.5 Å². The molecule has 1 atom stereocenters. The Morgan fingerprint density at radius 2 is 2.26 bits per heavy atom. The van der Waals surface area contributed by atoms with Crippen LogP contribution in [0.1, 0.15) is 24.4 Å². The highest BCUT2D eigenvalue weighted by Crippen LogP contribution is 2.25.